The molecule has 0 saturated carbocycles. The molecule has 1 unspecified atom stereocenters. The van der Waals surface area contributed by atoms with Gasteiger partial charge in [-0.05, 0) is 0 Å². The van der Waals surface area contributed by atoms with Crippen molar-refractivity contribution in [3.05, 3.63) is 12.7 Å². The summed E-state index contributed by atoms with van der Waals surface area (Å²) in [5.74, 6) is 0.279. The average Bonchev–Trinajstić information content (AvgIpc) is 1.87. The number of alkyl halides is 1. The summed E-state index contributed by atoms with van der Waals surface area (Å²) in [4.78, 5) is 11.0. The second-order valence-electron chi connectivity index (χ2n) is 2.58. The van der Waals surface area contributed by atoms with Crippen LogP contribution in [0.4, 0.5) is 0 Å². The molecule has 0 bridgehead atoms. The SMILES string of the molecule is C=CC(Cl)CC(=O)C(C)C. The molecular formula is C8H13ClO. The van der Waals surface area contributed by atoms with Crippen LogP contribution in [0.25, 0.3) is 0 Å². The summed E-state index contributed by atoms with van der Waals surface area (Å²) in [5, 5.41) is -0.199. The molecule has 0 saturated heterocycles. The Hall–Kier alpha value is -0.300. The van der Waals surface area contributed by atoms with Crippen LogP contribution in [0.5, 0.6) is 0 Å². The summed E-state index contributed by atoms with van der Waals surface area (Å²) in [6.45, 7) is 7.23. The smallest absolute Gasteiger partial charge is 0.137 e. The van der Waals surface area contributed by atoms with Crippen molar-refractivity contribution >= 4 is 17.4 Å². The van der Waals surface area contributed by atoms with E-state index in [9.17, 15) is 4.79 Å². The molecule has 0 aliphatic carbocycles. The van der Waals surface area contributed by atoms with Crippen LogP contribution in [0.2, 0.25) is 0 Å². The highest BCUT2D eigenvalue weighted by atomic mass is 35.5. The molecule has 1 atom stereocenters. The second kappa shape index (κ2) is 4.51. The van der Waals surface area contributed by atoms with E-state index in [1.54, 1.807) is 6.08 Å². The lowest BCUT2D eigenvalue weighted by atomic mass is 10.0. The first-order chi connectivity index (χ1) is 4.57. The maximum absolute atomic E-state index is 11.0. The zero-order chi connectivity index (χ0) is 8.15. The third-order valence-electron chi connectivity index (χ3n) is 1.30. The maximum atomic E-state index is 11.0. The van der Waals surface area contributed by atoms with Gasteiger partial charge in [-0.1, -0.05) is 19.9 Å². The predicted molar refractivity (Wildman–Crippen MR) is 44.3 cm³/mol. The van der Waals surface area contributed by atoms with Crippen molar-refractivity contribution < 1.29 is 4.79 Å². The number of Topliss-reactive ketones (excluding diaryl/α,β-unsaturated/α-hetero) is 1. The zero-order valence-electron chi connectivity index (χ0n) is 6.43. The summed E-state index contributed by atoms with van der Waals surface area (Å²) in [7, 11) is 0. The Bertz CT molecular complexity index is 129. The number of ketones is 1. The summed E-state index contributed by atoms with van der Waals surface area (Å²) in [6, 6.07) is 0. The van der Waals surface area contributed by atoms with E-state index in [1.807, 2.05) is 13.8 Å². The normalized spacial score (nSPS) is 13.2. The zero-order valence-corrected chi connectivity index (χ0v) is 7.19. The summed E-state index contributed by atoms with van der Waals surface area (Å²) >= 11 is 5.67. The minimum Gasteiger partial charge on any atom is -0.299 e. The lowest BCUT2D eigenvalue weighted by Gasteiger charge is -2.04. The molecule has 58 valence electrons. The van der Waals surface area contributed by atoms with Gasteiger partial charge in [-0.2, -0.15) is 0 Å². The summed E-state index contributed by atoms with van der Waals surface area (Å²) < 4.78 is 0. The molecule has 0 aromatic carbocycles. The van der Waals surface area contributed by atoms with Gasteiger partial charge in [0.1, 0.15) is 5.78 Å². The van der Waals surface area contributed by atoms with E-state index in [-0.39, 0.29) is 17.1 Å². The minimum atomic E-state index is -0.199. The number of rotatable bonds is 4. The largest absolute Gasteiger partial charge is 0.299 e. The first kappa shape index (κ1) is 9.70. The molecule has 1 nitrogen and oxygen atoms in total. The molecule has 0 amide bonds. The fourth-order valence-electron chi connectivity index (χ4n) is 0.511. The molecule has 0 aromatic rings. The molecule has 2 heteroatoms. The Morgan fingerprint density at radius 2 is 2.20 bits per heavy atom. The summed E-state index contributed by atoms with van der Waals surface area (Å²) in [5.41, 5.74) is 0. The Morgan fingerprint density at radius 3 is 2.50 bits per heavy atom. The number of hydrogen-bond donors (Lipinski definition) is 0. The van der Waals surface area contributed by atoms with Crippen molar-refractivity contribution in [2.24, 2.45) is 5.92 Å². The van der Waals surface area contributed by atoms with Crippen molar-refractivity contribution in [2.45, 2.75) is 25.6 Å². The Kier molecular flexibility index (Phi) is 4.37. The first-order valence-corrected chi connectivity index (χ1v) is 3.81. The number of carbonyl (C=O) groups excluding carboxylic acids is 1. The van der Waals surface area contributed by atoms with Gasteiger partial charge in [0.25, 0.3) is 0 Å². The molecule has 0 aliphatic heterocycles. The molecule has 0 fully saturated rings. The number of allylic oxidation sites excluding steroid dienone is 1. The Morgan fingerprint density at radius 1 is 1.70 bits per heavy atom. The Balaban J connectivity index is 3.68. The van der Waals surface area contributed by atoms with Crippen LogP contribution in [-0.2, 0) is 4.79 Å². The van der Waals surface area contributed by atoms with Crippen LogP contribution in [-0.4, -0.2) is 11.2 Å². The second-order valence-corrected chi connectivity index (χ2v) is 3.14. The molecule has 0 aliphatic rings. The molecule has 0 N–H and O–H groups in total. The van der Waals surface area contributed by atoms with Crippen molar-refractivity contribution in [2.75, 3.05) is 0 Å². The first-order valence-electron chi connectivity index (χ1n) is 3.37. The molecule has 0 radical (unpaired) electrons. The fraction of sp³-hybridized carbons (Fsp3) is 0.625. The van der Waals surface area contributed by atoms with Gasteiger partial charge in [0.15, 0.2) is 0 Å². The van der Waals surface area contributed by atoms with Gasteiger partial charge >= 0.3 is 0 Å². The van der Waals surface area contributed by atoms with Crippen molar-refractivity contribution in [3.8, 4) is 0 Å². The molecule has 0 spiro atoms. The van der Waals surface area contributed by atoms with E-state index in [4.69, 9.17) is 11.6 Å². The maximum Gasteiger partial charge on any atom is 0.137 e. The highest BCUT2D eigenvalue weighted by molar-refractivity contribution is 6.22. The standard InChI is InChI=1S/C8H13ClO/c1-4-7(9)5-8(10)6(2)3/h4,6-7H,1,5H2,2-3H3. The van der Waals surface area contributed by atoms with E-state index < -0.39 is 0 Å². The monoisotopic (exact) mass is 160 g/mol. The molecule has 0 rings (SSSR count). The number of halogens is 1. The quantitative estimate of drug-likeness (QED) is 0.456. The van der Waals surface area contributed by atoms with Crippen LogP contribution in [0.1, 0.15) is 20.3 Å². The third kappa shape index (κ3) is 3.67. The van der Waals surface area contributed by atoms with E-state index in [0.29, 0.717) is 6.42 Å². The van der Waals surface area contributed by atoms with Crippen molar-refractivity contribution in [3.63, 3.8) is 0 Å². The van der Waals surface area contributed by atoms with Gasteiger partial charge in [0.05, 0.1) is 5.38 Å². The third-order valence-corrected chi connectivity index (χ3v) is 1.63. The van der Waals surface area contributed by atoms with Gasteiger partial charge in [0.2, 0.25) is 0 Å². The molecule has 0 heterocycles. The van der Waals surface area contributed by atoms with Crippen LogP contribution >= 0.6 is 11.6 Å². The average molecular weight is 161 g/mol. The van der Waals surface area contributed by atoms with E-state index in [2.05, 4.69) is 6.58 Å². The molecular weight excluding hydrogens is 148 g/mol. The topological polar surface area (TPSA) is 17.1 Å². The summed E-state index contributed by atoms with van der Waals surface area (Å²) in [6.07, 6.45) is 1.99. The van der Waals surface area contributed by atoms with Crippen LogP contribution in [0, 0.1) is 5.92 Å². The number of hydrogen-bond acceptors (Lipinski definition) is 1. The van der Waals surface area contributed by atoms with E-state index in [1.165, 1.54) is 0 Å². The van der Waals surface area contributed by atoms with Gasteiger partial charge in [-0.3, -0.25) is 4.79 Å². The van der Waals surface area contributed by atoms with Crippen molar-refractivity contribution in [1.29, 1.82) is 0 Å². The van der Waals surface area contributed by atoms with Crippen molar-refractivity contribution in [1.82, 2.24) is 0 Å². The molecule has 10 heavy (non-hydrogen) atoms. The molecule has 0 aromatic heterocycles. The van der Waals surface area contributed by atoms with E-state index >= 15 is 0 Å². The Labute approximate surface area is 67.1 Å². The highest BCUT2D eigenvalue weighted by Gasteiger charge is 2.10. The number of carbonyl (C=O) groups is 1. The van der Waals surface area contributed by atoms with Gasteiger partial charge in [-0.15, -0.1) is 18.2 Å². The lowest BCUT2D eigenvalue weighted by Crippen LogP contribution is -2.11. The van der Waals surface area contributed by atoms with Crippen LogP contribution < -0.4 is 0 Å². The van der Waals surface area contributed by atoms with Gasteiger partial charge in [0, 0.05) is 12.3 Å². The van der Waals surface area contributed by atoms with Crippen LogP contribution in [0.3, 0.4) is 0 Å². The fourth-order valence-corrected chi connectivity index (χ4v) is 0.663. The lowest BCUT2D eigenvalue weighted by molar-refractivity contribution is -0.121. The van der Waals surface area contributed by atoms with Gasteiger partial charge in [-0.25, -0.2) is 0 Å². The minimum absolute atomic E-state index is 0.0844. The van der Waals surface area contributed by atoms with Gasteiger partial charge < -0.3 is 0 Å². The van der Waals surface area contributed by atoms with Crippen LogP contribution in [0.15, 0.2) is 12.7 Å². The van der Waals surface area contributed by atoms with E-state index in [0.717, 1.165) is 0 Å². The predicted octanol–water partition coefficient (Wildman–Crippen LogP) is 2.40. The highest BCUT2D eigenvalue weighted by Crippen LogP contribution is 2.07.